The van der Waals surface area contributed by atoms with Crippen LogP contribution in [0.3, 0.4) is 0 Å². The van der Waals surface area contributed by atoms with E-state index in [1.807, 2.05) is 0 Å². The molecule has 1 aliphatic rings. The Hall–Kier alpha value is -1.83. The van der Waals surface area contributed by atoms with E-state index in [4.69, 9.17) is 4.74 Å². The molecule has 0 bridgehead atoms. The summed E-state index contributed by atoms with van der Waals surface area (Å²) in [4.78, 5) is 23.8. The zero-order valence-corrected chi connectivity index (χ0v) is 14.0. The minimum atomic E-state index is -3.89. The molecule has 1 aromatic carbocycles. The van der Waals surface area contributed by atoms with Gasteiger partial charge in [-0.1, -0.05) is 12.1 Å². The monoisotopic (exact) mass is 359 g/mol. The smallest absolute Gasteiger partial charge is 0.353 e. The molecular formula is C16H19F2NO4S. The van der Waals surface area contributed by atoms with Gasteiger partial charge in [-0.05, 0) is 43.4 Å². The molecule has 0 radical (unpaired) electrons. The van der Waals surface area contributed by atoms with E-state index in [1.165, 1.54) is 30.0 Å². The van der Waals surface area contributed by atoms with Crippen molar-refractivity contribution in [1.29, 1.82) is 0 Å². The number of amides is 1. The predicted octanol–water partition coefficient (Wildman–Crippen LogP) is 2.64. The lowest BCUT2D eigenvalue weighted by molar-refractivity contribution is -0.157. The summed E-state index contributed by atoms with van der Waals surface area (Å²) in [5, 5.41) is 11.5. The molecule has 24 heavy (non-hydrogen) atoms. The molecular weight excluding hydrogens is 340 g/mol. The highest BCUT2D eigenvalue weighted by Gasteiger charge is 2.49. The third kappa shape index (κ3) is 3.63. The van der Waals surface area contributed by atoms with Gasteiger partial charge in [-0.25, -0.2) is 4.79 Å². The van der Waals surface area contributed by atoms with E-state index in [2.05, 4.69) is 5.32 Å². The van der Waals surface area contributed by atoms with Crippen LogP contribution in [0, 0.1) is 0 Å². The van der Waals surface area contributed by atoms with Crippen LogP contribution in [0.1, 0.15) is 25.3 Å². The first-order valence-electron chi connectivity index (χ1n) is 7.57. The number of halogens is 2. The van der Waals surface area contributed by atoms with Gasteiger partial charge in [-0.3, -0.25) is 4.79 Å². The summed E-state index contributed by atoms with van der Waals surface area (Å²) < 4.78 is 34.4. The van der Waals surface area contributed by atoms with Crippen LogP contribution in [0.2, 0.25) is 0 Å². The number of thioether (sulfide) groups is 1. The molecule has 0 saturated carbocycles. The molecule has 1 aliphatic heterocycles. The molecule has 0 unspecified atom stereocenters. The van der Waals surface area contributed by atoms with E-state index in [0.717, 1.165) is 6.07 Å². The van der Waals surface area contributed by atoms with Crippen LogP contribution in [0.4, 0.5) is 8.78 Å². The van der Waals surface area contributed by atoms with Crippen LogP contribution in [0.5, 0.6) is 5.75 Å². The first-order chi connectivity index (χ1) is 11.3. The summed E-state index contributed by atoms with van der Waals surface area (Å²) >= 11 is 1.53. The van der Waals surface area contributed by atoms with Gasteiger partial charge in [-0.2, -0.15) is 20.5 Å². The summed E-state index contributed by atoms with van der Waals surface area (Å²) in [5.41, 5.74) is -2.22. The average Bonchev–Trinajstić information content (AvgIpc) is 2.56. The maximum Gasteiger partial charge on any atom is 0.353 e. The summed E-state index contributed by atoms with van der Waals surface area (Å²) in [6.07, 6.45) is 0.226. The van der Waals surface area contributed by atoms with Crippen molar-refractivity contribution >= 4 is 23.6 Å². The Morgan fingerprint density at radius 3 is 2.54 bits per heavy atom. The Morgan fingerprint density at radius 2 is 1.96 bits per heavy atom. The van der Waals surface area contributed by atoms with Crippen molar-refractivity contribution in [3.05, 3.63) is 29.8 Å². The fourth-order valence-electron chi connectivity index (χ4n) is 2.54. The van der Waals surface area contributed by atoms with Crippen LogP contribution in [0.15, 0.2) is 24.3 Å². The van der Waals surface area contributed by atoms with Gasteiger partial charge in [-0.15, -0.1) is 0 Å². The number of benzene rings is 1. The number of para-hydroxylation sites is 1. The molecule has 0 spiro atoms. The maximum absolute atomic E-state index is 14.6. The molecule has 1 saturated heterocycles. The lowest BCUT2D eigenvalue weighted by Crippen LogP contribution is -2.59. The number of nitrogens with one attached hydrogen (secondary N) is 1. The van der Waals surface area contributed by atoms with E-state index >= 15 is 0 Å². The summed E-state index contributed by atoms with van der Waals surface area (Å²) in [6.45, 7) is 1.82. The van der Waals surface area contributed by atoms with Crippen LogP contribution >= 0.6 is 11.8 Å². The topological polar surface area (TPSA) is 75.6 Å². The molecule has 0 aliphatic carbocycles. The van der Waals surface area contributed by atoms with Crippen molar-refractivity contribution < 1.29 is 28.2 Å². The highest BCUT2D eigenvalue weighted by molar-refractivity contribution is 7.99. The van der Waals surface area contributed by atoms with Gasteiger partial charge in [0.05, 0.1) is 12.2 Å². The van der Waals surface area contributed by atoms with Gasteiger partial charge in [0.15, 0.2) is 0 Å². The number of alkyl halides is 2. The molecule has 132 valence electrons. The van der Waals surface area contributed by atoms with Crippen molar-refractivity contribution in [2.45, 2.75) is 31.2 Å². The zero-order chi connectivity index (χ0) is 17.8. The Bertz CT molecular complexity index is 618. The van der Waals surface area contributed by atoms with Crippen molar-refractivity contribution in [3.8, 4) is 5.75 Å². The maximum atomic E-state index is 14.6. The van der Waals surface area contributed by atoms with Crippen LogP contribution in [-0.4, -0.2) is 40.6 Å². The molecule has 1 amide bonds. The number of carbonyl (C=O) groups is 2. The first-order valence-corrected chi connectivity index (χ1v) is 8.73. The third-order valence-corrected chi connectivity index (χ3v) is 4.90. The van der Waals surface area contributed by atoms with Gasteiger partial charge in [0.25, 0.3) is 5.91 Å². The second kappa shape index (κ2) is 7.38. The molecule has 1 aromatic rings. The standard InChI is InChI=1S/C16H19F2NO4S/c1-2-23-12-6-4-3-5-11(12)16(17,18)13(20)19-15(14(21)22)7-9-24-10-8-15/h3-6H,2,7-10H2,1H3,(H,19,20)(H,21,22). The SMILES string of the molecule is CCOc1ccccc1C(F)(F)C(=O)NC1(C(=O)O)CCSCC1. The van der Waals surface area contributed by atoms with E-state index in [-0.39, 0.29) is 25.2 Å². The molecule has 1 fully saturated rings. The highest BCUT2D eigenvalue weighted by atomic mass is 32.2. The third-order valence-electron chi connectivity index (χ3n) is 3.92. The first kappa shape index (κ1) is 18.5. The molecule has 8 heteroatoms. The van der Waals surface area contributed by atoms with Crippen molar-refractivity contribution in [1.82, 2.24) is 5.32 Å². The summed E-state index contributed by atoms with van der Waals surface area (Å²) in [7, 11) is 0. The lowest BCUT2D eigenvalue weighted by Gasteiger charge is -2.35. The minimum absolute atomic E-state index is 0.0938. The van der Waals surface area contributed by atoms with Gasteiger partial charge >= 0.3 is 11.9 Å². The molecule has 2 rings (SSSR count). The fourth-order valence-corrected chi connectivity index (χ4v) is 3.73. The second-order valence-electron chi connectivity index (χ2n) is 5.46. The number of hydrogen-bond donors (Lipinski definition) is 2. The normalized spacial score (nSPS) is 17.1. The van der Waals surface area contributed by atoms with Gasteiger partial charge in [0.2, 0.25) is 0 Å². The minimum Gasteiger partial charge on any atom is -0.493 e. The molecule has 5 nitrogen and oxygen atoms in total. The fraction of sp³-hybridized carbons (Fsp3) is 0.500. The Labute approximate surface area is 142 Å². The number of rotatable bonds is 6. The number of carboxylic acids is 1. The second-order valence-corrected chi connectivity index (χ2v) is 6.68. The summed E-state index contributed by atoms with van der Waals surface area (Å²) in [6, 6.07) is 5.36. The molecule has 2 N–H and O–H groups in total. The van der Waals surface area contributed by atoms with Crippen LogP contribution < -0.4 is 10.1 Å². The lowest BCUT2D eigenvalue weighted by atomic mass is 9.91. The van der Waals surface area contributed by atoms with E-state index < -0.39 is 28.9 Å². The van der Waals surface area contributed by atoms with Crippen molar-refractivity contribution in [2.24, 2.45) is 0 Å². The van der Waals surface area contributed by atoms with E-state index in [9.17, 15) is 23.5 Å². The van der Waals surface area contributed by atoms with Crippen molar-refractivity contribution in [2.75, 3.05) is 18.1 Å². The molecule has 1 heterocycles. The highest BCUT2D eigenvalue weighted by Crippen LogP contribution is 2.37. The van der Waals surface area contributed by atoms with E-state index in [1.54, 1.807) is 6.92 Å². The predicted molar refractivity (Wildman–Crippen MR) is 86.6 cm³/mol. The van der Waals surface area contributed by atoms with Crippen LogP contribution in [0.25, 0.3) is 0 Å². The Balaban J connectivity index is 2.28. The average molecular weight is 359 g/mol. The Morgan fingerprint density at radius 1 is 1.33 bits per heavy atom. The van der Waals surface area contributed by atoms with Gasteiger partial charge in [0.1, 0.15) is 11.3 Å². The number of carboxylic acid groups (broad SMARTS) is 1. The number of carbonyl (C=O) groups excluding carboxylic acids is 1. The quantitative estimate of drug-likeness (QED) is 0.817. The van der Waals surface area contributed by atoms with Gasteiger partial charge < -0.3 is 15.2 Å². The van der Waals surface area contributed by atoms with Gasteiger partial charge in [0, 0.05) is 0 Å². The number of hydrogen-bond acceptors (Lipinski definition) is 4. The zero-order valence-electron chi connectivity index (χ0n) is 13.2. The Kier molecular flexibility index (Phi) is 5.69. The summed E-state index contributed by atoms with van der Waals surface area (Å²) in [5.74, 6) is -5.90. The number of aliphatic carboxylic acids is 1. The van der Waals surface area contributed by atoms with E-state index in [0.29, 0.717) is 11.5 Å². The largest absolute Gasteiger partial charge is 0.493 e. The molecule has 0 aromatic heterocycles. The molecule has 0 atom stereocenters. The van der Waals surface area contributed by atoms with Crippen molar-refractivity contribution in [3.63, 3.8) is 0 Å². The number of ether oxygens (including phenoxy) is 1. The van der Waals surface area contributed by atoms with Crippen LogP contribution in [-0.2, 0) is 15.5 Å².